The first-order chi connectivity index (χ1) is 16.5. The van der Waals surface area contributed by atoms with E-state index in [1.807, 2.05) is 0 Å². The first-order valence-corrected chi connectivity index (χ1v) is 11.0. The third-order valence-corrected chi connectivity index (χ3v) is 7.28. The largest absolute Gasteiger partial charge is 0.493 e. The maximum absolute atomic E-state index is 13.5. The Bertz CT molecular complexity index is 1260. The Labute approximate surface area is 198 Å². The highest BCUT2D eigenvalue weighted by Crippen LogP contribution is 2.62. The number of rotatable bonds is 5. The molecule has 2 bridgehead atoms. The van der Waals surface area contributed by atoms with Gasteiger partial charge in [-0.05, 0) is 56.2 Å². The number of hydrogen-bond acceptors (Lipinski definition) is 4. The summed E-state index contributed by atoms with van der Waals surface area (Å²) in [5.41, 5.74) is -3.94. The van der Waals surface area contributed by atoms with Crippen molar-refractivity contribution < 1.29 is 36.6 Å². The van der Waals surface area contributed by atoms with Crippen LogP contribution in [0, 0.1) is 24.2 Å². The summed E-state index contributed by atoms with van der Waals surface area (Å²) < 4.78 is 65.6. The minimum Gasteiger partial charge on any atom is -0.493 e. The second-order valence-electron chi connectivity index (χ2n) is 9.31. The van der Waals surface area contributed by atoms with Crippen molar-refractivity contribution in [3.05, 3.63) is 65.3 Å². The summed E-state index contributed by atoms with van der Waals surface area (Å²) in [5, 5.41) is 0. The molecule has 3 saturated heterocycles. The average Bonchev–Trinajstić information content (AvgIpc) is 3.38. The monoisotopic (exact) mass is 488 g/mol. The van der Waals surface area contributed by atoms with E-state index >= 15 is 0 Å². The number of hydrogen-bond donors (Lipinski definition) is 0. The maximum atomic E-state index is 13.5. The Hall–Kier alpha value is -3.45. The zero-order chi connectivity index (χ0) is 25.2. The maximum Gasteiger partial charge on any atom is 0.407 e. The molecule has 2 aromatic carbocycles. The van der Waals surface area contributed by atoms with Crippen LogP contribution in [-0.4, -0.2) is 29.6 Å². The second-order valence-corrected chi connectivity index (χ2v) is 9.31. The molecule has 35 heavy (non-hydrogen) atoms. The fourth-order valence-electron chi connectivity index (χ4n) is 5.72. The zero-order valence-corrected chi connectivity index (χ0v) is 18.6. The van der Waals surface area contributed by atoms with Crippen molar-refractivity contribution in [1.82, 2.24) is 0 Å². The van der Waals surface area contributed by atoms with Crippen molar-refractivity contribution in [2.45, 2.75) is 43.6 Å². The molecule has 3 aliphatic heterocycles. The number of nitrogens with zero attached hydrogens (tertiary/aromatic N) is 2. The van der Waals surface area contributed by atoms with Gasteiger partial charge >= 0.3 is 6.18 Å². The van der Waals surface area contributed by atoms with Crippen LogP contribution in [-0.2, 0) is 20.5 Å². The van der Waals surface area contributed by atoms with Crippen LogP contribution in [0.5, 0.6) is 5.75 Å². The number of fused-ring (bicyclic) bond motifs is 5. The predicted octanol–water partition coefficient (Wildman–Crippen LogP) is 5.29. The van der Waals surface area contributed by atoms with Gasteiger partial charge in [-0.25, -0.2) is 14.1 Å². The van der Waals surface area contributed by atoms with Gasteiger partial charge in [0.1, 0.15) is 11.6 Å². The summed E-state index contributed by atoms with van der Waals surface area (Å²) in [6.07, 6.45) is -3.53. The Kier molecular flexibility index (Phi) is 5.18. The Morgan fingerprint density at radius 2 is 1.80 bits per heavy atom. The summed E-state index contributed by atoms with van der Waals surface area (Å²) in [4.78, 5) is 30.6. The number of carbonyl (C=O) groups excluding carboxylic acids is 2. The summed E-state index contributed by atoms with van der Waals surface area (Å²) in [5.74, 6) is -2.88. The SMILES string of the molecule is [C-]#[N+]c1ccc(N2C(=O)[C@@H]3[C@H](C2=O)C2(C)CCC3(CCOc3ccc(F)cc3)O2)cc1C(F)(F)F. The first kappa shape index (κ1) is 23.3. The van der Waals surface area contributed by atoms with Crippen LogP contribution in [0.2, 0.25) is 0 Å². The van der Waals surface area contributed by atoms with E-state index in [1.165, 1.54) is 30.3 Å². The van der Waals surface area contributed by atoms with Crippen LogP contribution in [0.4, 0.5) is 28.9 Å². The lowest BCUT2D eigenvalue weighted by molar-refractivity contribution is -0.137. The van der Waals surface area contributed by atoms with E-state index in [9.17, 15) is 27.2 Å². The molecule has 0 radical (unpaired) electrons. The van der Waals surface area contributed by atoms with Gasteiger partial charge in [0.25, 0.3) is 0 Å². The van der Waals surface area contributed by atoms with Crippen molar-refractivity contribution in [2.24, 2.45) is 11.8 Å². The van der Waals surface area contributed by atoms with E-state index in [-0.39, 0.29) is 18.7 Å². The smallest absolute Gasteiger partial charge is 0.407 e. The van der Waals surface area contributed by atoms with Gasteiger partial charge in [0.15, 0.2) is 5.69 Å². The molecule has 3 heterocycles. The summed E-state index contributed by atoms with van der Waals surface area (Å²) in [7, 11) is 0. The lowest BCUT2D eigenvalue weighted by atomic mass is 9.67. The molecular weight excluding hydrogens is 468 g/mol. The highest BCUT2D eigenvalue weighted by Gasteiger charge is 2.73. The molecule has 0 aromatic heterocycles. The predicted molar refractivity (Wildman–Crippen MR) is 115 cm³/mol. The number of imide groups is 1. The van der Waals surface area contributed by atoms with Gasteiger partial charge in [-0.15, -0.1) is 0 Å². The van der Waals surface area contributed by atoms with Crippen LogP contribution in [0.3, 0.4) is 0 Å². The van der Waals surface area contributed by atoms with E-state index in [0.29, 0.717) is 24.7 Å². The lowest BCUT2D eigenvalue weighted by Crippen LogP contribution is -2.43. The van der Waals surface area contributed by atoms with Crippen molar-refractivity contribution in [3.8, 4) is 5.75 Å². The molecule has 3 aliphatic rings. The summed E-state index contributed by atoms with van der Waals surface area (Å²) in [6, 6.07) is 8.30. The Morgan fingerprint density at radius 3 is 2.46 bits per heavy atom. The normalized spacial score (nSPS) is 29.4. The summed E-state index contributed by atoms with van der Waals surface area (Å²) in [6.45, 7) is 8.90. The molecule has 0 aliphatic carbocycles. The molecule has 2 aromatic rings. The van der Waals surface area contributed by atoms with Gasteiger partial charge in [-0.3, -0.25) is 9.59 Å². The van der Waals surface area contributed by atoms with Crippen molar-refractivity contribution in [1.29, 1.82) is 0 Å². The van der Waals surface area contributed by atoms with Crippen molar-refractivity contribution in [3.63, 3.8) is 0 Å². The zero-order valence-electron chi connectivity index (χ0n) is 18.6. The van der Waals surface area contributed by atoms with Gasteiger partial charge in [0.2, 0.25) is 11.8 Å². The van der Waals surface area contributed by atoms with E-state index < -0.39 is 58.1 Å². The average molecular weight is 488 g/mol. The molecule has 2 unspecified atom stereocenters. The molecule has 6 nitrogen and oxygen atoms in total. The van der Waals surface area contributed by atoms with Crippen LogP contribution >= 0.6 is 0 Å². The number of ether oxygens (including phenoxy) is 2. The van der Waals surface area contributed by atoms with Crippen LogP contribution in [0.15, 0.2) is 42.5 Å². The van der Waals surface area contributed by atoms with Crippen LogP contribution in [0.25, 0.3) is 4.85 Å². The topological polar surface area (TPSA) is 60.2 Å². The second kappa shape index (κ2) is 7.78. The molecule has 0 spiro atoms. The van der Waals surface area contributed by atoms with E-state index in [0.717, 1.165) is 11.0 Å². The molecule has 2 amide bonds. The fourth-order valence-corrected chi connectivity index (χ4v) is 5.72. The highest BCUT2D eigenvalue weighted by atomic mass is 19.4. The number of amides is 2. The number of alkyl halides is 3. The van der Waals surface area contributed by atoms with Gasteiger partial charge < -0.3 is 9.47 Å². The quantitative estimate of drug-likeness (QED) is 0.326. The molecular formula is C25H20F4N2O4. The van der Waals surface area contributed by atoms with E-state index in [4.69, 9.17) is 16.0 Å². The molecule has 0 N–H and O–H groups in total. The van der Waals surface area contributed by atoms with Crippen LogP contribution in [0.1, 0.15) is 31.7 Å². The van der Waals surface area contributed by atoms with Gasteiger partial charge in [-0.1, -0.05) is 6.07 Å². The number of benzene rings is 2. The van der Waals surface area contributed by atoms with Gasteiger partial charge in [0.05, 0.1) is 41.8 Å². The van der Waals surface area contributed by atoms with Crippen LogP contribution < -0.4 is 9.64 Å². The molecule has 4 atom stereocenters. The highest BCUT2D eigenvalue weighted by molar-refractivity contribution is 6.23. The van der Waals surface area contributed by atoms with Crippen molar-refractivity contribution in [2.75, 3.05) is 11.5 Å². The first-order valence-electron chi connectivity index (χ1n) is 11.0. The van der Waals surface area contributed by atoms with Gasteiger partial charge in [-0.2, -0.15) is 13.2 Å². The number of carbonyl (C=O) groups is 2. The fraction of sp³-hybridized carbons (Fsp3) is 0.400. The van der Waals surface area contributed by atoms with Crippen molar-refractivity contribution >= 4 is 23.2 Å². The minimum absolute atomic E-state index is 0.143. The summed E-state index contributed by atoms with van der Waals surface area (Å²) >= 11 is 0. The molecule has 5 rings (SSSR count). The minimum atomic E-state index is -4.81. The third kappa shape index (κ3) is 3.57. The number of anilines is 1. The van der Waals surface area contributed by atoms with E-state index in [1.54, 1.807) is 6.92 Å². The lowest BCUT2D eigenvalue weighted by Gasteiger charge is -2.31. The molecule has 10 heteroatoms. The third-order valence-electron chi connectivity index (χ3n) is 7.28. The van der Waals surface area contributed by atoms with Gasteiger partial charge in [0, 0.05) is 12.1 Å². The standard InChI is InChI=1S/C25H20F4N2O4/c1-23-9-10-24(35-23,11-12-34-16-6-3-14(26)4-7-16)20-19(23)21(32)31(22(20)33)15-5-8-18(30-2)17(13-15)25(27,28)29/h3-8,13,19-20H,9-12H2,1H3/t19-,20+,23?,24?/m1/s1. The molecule has 182 valence electrons. The Morgan fingerprint density at radius 1 is 1.11 bits per heavy atom. The van der Waals surface area contributed by atoms with E-state index in [2.05, 4.69) is 4.85 Å². The Balaban J connectivity index is 1.43. The molecule has 0 saturated carbocycles. The number of halogens is 4. The molecule has 3 fully saturated rings.